The predicted molar refractivity (Wildman–Crippen MR) is 42.1 cm³/mol. The van der Waals surface area contributed by atoms with Crippen LogP contribution in [0.1, 0.15) is 5.56 Å². The lowest BCUT2D eigenvalue weighted by Crippen LogP contribution is -1.98. The van der Waals surface area contributed by atoms with Crippen molar-refractivity contribution in [3.8, 4) is 17.2 Å². The van der Waals surface area contributed by atoms with E-state index in [4.69, 9.17) is 15.3 Å². The molecule has 1 aromatic rings. The Hall–Kier alpha value is -1.98. The largest absolute Gasteiger partial charge is 0.508 e. The van der Waals surface area contributed by atoms with Gasteiger partial charge in [0.1, 0.15) is 22.8 Å². The van der Waals surface area contributed by atoms with Gasteiger partial charge in [0, 0.05) is 17.1 Å². The lowest BCUT2D eigenvalue weighted by atomic mass is 10.1. The fraction of sp³-hybridized carbons (Fsp3) is 0.143. The van der Waals surface area contributed by atoms with Crippen molar-refractivity contribution in [2.24, 2.45) is 0 Å². The van der Waals surface area contributed by atoms with Gasteiger partial charge in [-0.3, -0.25) is 10.1 Å². The number of phenolic OH excluding ortho intramolecular Hbond substituents is 3. The normalized spacial score (nSPS) is 9.85. The zero-order valence-corrected chi connectivity index (χ0v) is 6.47. The number of hydrogen-bond acceptors (Lipinski definition) is 5. The van der Waals surface area contributed by atoms with Crippen molar-refractivity contribution in [3.63, 3.8) is 0 Å². The molecular formula is C7H7NO5. The summed E-state index contributed by atoms with van der Waals surface area (Å²) in [6, 6.07) is 1.86. The number of nitrogens with zero attached hydrogens (tertiary/aromatic N) is 1. The van der Waals surface area contributed by atoms with Gasteiger partial charge in [-0.15, -0.1) is 0 Å². The molecule has 0 aromatic heterocycles. The Kier molecular flexibility index (Phi) is 2.23. The van der Waals surface area contributed by atoms with Gasteiger partial charge < -0.3 is 15.3 Å². The maximum atomic E-state index is 10.1. The molecule has 0 unspecified atom stereocenters. The highest BCUT2D eigenvalue weighted by molar-refractivity contribution is 5.48. The van der Waals surface area contributed by atoms with Crippen molar-refractivity contribution >= 4 is 0 Å². The summed E-state index contributed by atoms with van der Waals surface area (Å²) < 4.78 is 0. The minimum absolute atomic E-state index is 0.206. The number of phenols is 3. The minimum Gasteiger partial charge on any atom is -0.508 e. The van der Waals surface area contributed by atoms with Crippen LogP contribution in [-0.4, -0.2) is 20.2 Å². The molecule has 0 saturated heterocycles. The molecule has 0 amide bonds. The van der Waals surface area contributed by atoms with Crippen molar-refractivity contribution in [2.75, 3.05) is 0 Å². The molecule has 0 saturated carbocycles. The van der Waals surface area contributed by atoms with Crippen LogP contribution in [0.2, 0.25) is 0 Å². The van der Waals surface area contributed by atoms with E-state index >= 15 is 0 Å². The second-order valence-electron chi connectivity index (χ2n) is 2.45. The van der Waals surface area contributed by atoms with Crippen LogP contribution < -0.4 is 0 Å². The number of rotatable bonds is 2. The first kappa shape index (κ1) is 9.11. The van der Waals surface area contributed by atoms with Crippen LogP contribution >= 0.6 is 0 Å². The second kappa shape index (κ2) is 3.18. The van der Waals surface area contributed by atoms with Gasteiger partial charge in [0.2, 0.25) is 6.54 Å². The molecule has 0 bridgehead atoms. The van der Waals surface area contributed by atoms with Crippen LogP contribution in [0.4, 0.5) is 0 Å². The molecular weight excluding hydrogens is 178 g/mol. The fourth-order valence-electron chi connectivity index (χ4n) is 0.918. The van der Waals surface area contributed by atoms with Crippen LogP contribution in [0.25, 0.3) is 0 Å². The van der Waals surface area contributed by atoms with E-state index in [1.54, 1.807) is 0 Å². The van der Waals surface area contributed by atoms with Crippen LogP contribution in [-0.2, 0) is 6.54 Å². The number of nitro groups is 1. The SMILES string of the molecule is O=[N+]([O-])Cc1c(O)cc(O)cc1O. The average molecular weight is 185 g/mol. The first-order chi connectivity index (χ1) is 6.00. The third-order valence-corrected chi connectivity index (χ3v) is 1.47. The van der Waals surface area contributed by atoms with E-state index in [2.05, 4.69) is 0 Å². The Bertz CT molecular complexity index is 326. The van der Waals surface area contributed by atoms with E-state index in [0.29, 0.717) is 0 Å². The maximum absolute atomic E-state index is 10.1. The maximum Gasteiger partial charge on any atom is 0.236 e. The third-order valence-electron chi connectivity index (χ3n) is 1.47. The molecule has 6 nitrogen and oxygen atoms in total. The molecule has 0 aliphatic rings. The smallest absolute Gasteiger partial charge is 0.236 e. The van der Waals surface area contributed by atoms with Gasteiger partial charge in [0.05, 0.1) is 0 Å². The highest BCUT2D eigenvalue weighted by Crippen LogP contribution is 2.31. The molecule has 0 heterocycles. The molecule has 70 valence electrons. The molecule has 0 atom stereocenters. The molecule has 1 aromatic carbocycles. The standard InChI is InChI=1S/C7H7NO5/c9-4-1-6(10)5(3-8(12)13)7(11)2-4/h1-2,9-11H,3H2. The van der Waals surface area contributed by atoms with Crippen LogP contribution in [0, 0.1) is 10.1 Å². The van der Waals surface area contributed by atoms with Gasteiger partial charge in [-0.25, -0.2) is 0 Å². The van der Waals surface area contributed by atoms with Gasteiger partial charge in [-0.2, -0.15) is 0 Å². The van der Waals surface area contributed by atoms with E-state index in [1.807, 2.05) is 0 Å². The molecule has 0 radical (unpaired) electrons. The molecule has 6 heteroatoms. The van der Waals surface area contributed by atoms with Gasteiger partial charge in [-0.1, -0.05) is 0 Å². The van der Waals surface area contributed by atoms with E-state index in [9.17, 15) is 10.1 Å². The highest BCUT2D eigenvalue weighted by Gasteiger charge is 2.14. The Morgan fingerprint density at radius 2 is 1.69 bits per heavy atom. The Labute approximate surface area is 72.8 Å². The summed E-state index contributed by atoms with van der Waals surface area (Å²) >= 11 is 0. The van der Waals surface area contributed by atoms with Crippen molar-refractivity contribution in [1.82, 2.24) is 0 Å². The van der Waals surface area contributed by atoms with Crippen molar-refractivity contribution < 1.29 is 20.2 Å². The summed E-state index contributed by atoms with van der Waals surface area (Å²) in [7, 11) is 0. The lowest BCUT2D eigenvalue weighted by Gasteiger charge is -2.03. The molecule has 13 heavy (non-hydrogen) atoms. The van der Waals surface area contributed by atoms with E-state index < -0.39 is 23.0 Å². The summed E-state index contributed by atoms with van der Waals surface area (Å²) in [5, 5.41) is 37.1. The van der Waals surface area contributed by atoms with Gasteiger partial charge in [0.25, 0.3) is 0 Å². The van der Waals surface area contributed by atoms with Crippen LogP contribution in [0.3, 0.4) is 0 Å². The van der Waals surface area contributed by atoms with Crippen LogP contribution in [0.15, 0.2) is 12.1 Å². The van der Waals surface area contributed by atoms with Gasteiger partial charge in [0.15, 0.2) is 0 Å². The zero-order valence-electron chi connectivity index (χ0n) is 6.47. The van der Waals surface area contributed by atoms with E-state index in [0.717, 1.165) is 12.1 Å². The van der Waals surface area contributed by atoms with Gasteiger partial charge in [-0.05, 0) is 0 Å². The average Bonchev–Trinajstić information content (AvgIpc) is 1.96. The summed E-state index contributed by atoms with van der Waals surface area (Å²) in [6.07, 6.45) is 0. The van der Waals surface area contributed by atoms with E-state index in [-0.39, 0.29) is 11.3 Å². The van der Waals surface area contributed by atoms with E-state index in [1.165, 1.54) is 0 Å². The summed E-state index contributed by atoms with van der Waals surface area (Å²) in [6.45, 7) is -0.683. The number of hydrogen-bond donors (Lipinski definition) is 3. The molecule has 0 aliphatic carbocycles. The van der Waals surface area contributed by atoms with Crippen molar-refractivity contribution in [1.29, 1.82) is 0 Å². The Morgan fingerprint density at radius 1 is 1.23 bits per heavy atom. The van der Waals surface area contributed by atoms with Gasteiger partial charge >= 0.3 is 0 Å². The third kappa shape index (κ3) is 1.98. The molecule has 0 aliphatic heterocycles. The molecule has 0 fully saturated rings. The molecule has 3 N–H and O–H groups in total. The first-order valence-corrected chi connectivity index (χ1v) is 3.36. The number of aromatic hydroxyl groups is 3. The first-order valence-electron chi connectivity index (χ1n) is 3.36. The Morgan fingerprint density at radius 3 is 2.08 bits per heavy atom. The van der Waals surface area contributed by atoms with Crippen molar-refractivity contribution in [3.05, 3.63) is 27.8 Å². The summed E-state index contributed by atoms with van der Waals surface area (Å²) in [5.74, 6) is -1.33. The number of benzene rings is 1. The topological polar surface area (TPSA) is 104 Å². The predicted octanol–water partition coefficient (Wildman–Crippen LogP) is 0.580. The summed E-state index contributed by atoms with van der Waals surface area (Å²) in [5.41, 5.74) is -0.206. The highest BCUT2D eigenvalue weighted by atomic mass is 16.6. The molecule has 1 rings (SSSR count). The second-order valence-corrected chi connectivity index (χ2v) is 2.45. The monoisotopic (exact) mass is 185 g/mol. The Balaban J connectivity index is 3.13. The minimum atomic E-state index is -0.689. The lowest BCUT2D eigenvalue weighted by molar-refractivity contribution is -0.497. The quantitative estimate of drug-likeness (QED) is 0.461. The fourth-order valence-corrected chi connectivity index (χ4v) is 0.918. The zero-order chi connectivity index (χ0) is 10.0. The van der Waals surface area contributed by atoms with Crippen LogP contribution in [0.5, 0.6) is 17.2 Å². The summed E-state index contributed by atoms with van der Waals surface area (Å²) in [4.78, 5) is 9.39. The van der Waals surface area contributed by atoms with Crippen molar-refractivity contribution in [2.45, 2.75) is 6.54 Å². The molecule has 0 spiro atoms.